The highest BCUT2D eigenvalue weighted by molar-refractivity contribution is 5.69. The largest absolute Gasteiger partial charge is 0.466 e. The molecule has 0 aromatic heterocycles. The maximum atomic E-state index is 12.5. The van der Waals surface area contributed by atoms with Crippen molar-refractivity contribution in [2.24, 2.45) is 10.8 Å². The van der Waals surface area contributed by atoms with Crippen molar-refractivity contribution in [1.82, 2.24) is 0 Å². The molecule has 0 bridgehead atoms. The predicted molar refractivity (Wildman–Crippen MR) is 143 cm³/mol. The molecule has 194 valence electrons. The summed E-state index contributed by atoms with van der Waals surface area (Å²) in [5.74, 6) is -1.22. The van der Waals surface area contributed by atoms with Gasteiger partial charge in [-0.3, -0.25) is 4.79 Å². The molecule has 0 saturated carbocycles. The van der Waals surface area contributed by atoms with E-state index in [0.717, 1.165) is 24.0 Å². The van der Waals surface area contributed by atoms with Gasteiger partial charge in [0.25, 0.3) is 0 Å². The zero-order valence-electron chi connectivity index (χ0n) is 23.1. The standard InChI is InChI=1S/C31H46O4/c1-9-10-23-33-26(32)21-22-31(8,34-27(29(2,3)4)24-17-13-11-14-18-24)35-28(30(5,6)7)25-19-15-12-16-20-25/h11-20,27-28H,9-10,21-23H2,1-8H3. The average Bonchev–Trinajstić information content (AvgIpc) is 2.80. The summed E-state index contributed by atoms with van der Waals surface area (Å²) in [6.07, 6.45) is 2.05. The van der Waals surface area contributed by atoms with Crippen LogP contribution in [0.1, 0.15) is 104 Å². The normalized spacial score (nSPS) is 15.8. The maximum Gasteiger partial charge on any atom is 0.305 e. The number of rotatable bonds is 12. The van der Waals surface area contributed by atoms with E-state index in [2.05, 4.69) is 72.7 Å². The second-order valence-electron chi connectivity index (χ2n) is 11.8. The Morgan fingerprint density at radius 2 is 1.17 bits per heavy atom. The van der Waals surface area contributed by atoms with Gasteiger partial charge in [0, 0.05) is 6.42 Å². The van der Waals surface area contributed by atoms with E-state index in [1.807, 2.05) is 43.3 Å². The lowest BCUT2D eigenvalue weighted by Gasteiger charge is -2.44. The number of hydrogen-bond donors (Lipinski definition) is 0. The van der Waals surface area contributed by atoms with Gasteiger partial charge in [-0.25, -0.2) is 0 Å². The number of benzene rings is 2. The highest BCUT2D eigenvalue weighted by atomic mass is 16.7. The fraction of sp³-hybridized carbons (Fsp3) is 0.581. The minimum atomic E-state index is -1.01. The SMILES string of the molecule is CCCCOC(=O)CCC(C)(OC(c1ccccc1)C(C)(C)C)OC(c1ccccc1)C(C)(C)C. The summed E-state index contributed by atoms with van der Waals surface area (Å²) in [4.78, 5) is 12.5. The number of esters is 1. The molecule has 0 fully saturated rings. The quantitative estimate of drug-likeness (QED) is 0.173. The molecule has 0 saturated heterocycles. The lowest BCUT2D eigenvalue weighted by atomic mass is 9.83. The molecule has 2 unspecified atom stereocenters. The van der Waals surface area contributed by atoms with Crippen LogP contribution in [-0.2, 0) is 19.0 Å². The summed E-state index contributed by atoms with van der Waals surface area (Å²) in [5.41, 5.74) is 1.81. The smallest absolute Gasteiger partial charge is 0.305 e. The Labute approximate surface area is 213 Å². The van der Waals surface area contributed by atoms with Crippen LogP contribution >= 0.6 is 0 Å². The van der Waals surface area contributed by atoms with Crippen molar-refractivity contribution in [2.75, 3.05) is 6.61 Å². The third kappa shape index (κ3) is 9.42. The van der Waals surface area contributed by atoms with Gasteiger partial charge >= 0.3 is 5.97 Å². The van der Waals surface area contributed by atoms with E-state index in [-0.39, 0.29) is 35.4 Å². The average molecular weight is 483 g/mol. The summed E-state index contributed by atoms with van der Waals surface area (Å²) in [7, 11) is 0. The van der Waals surface area contributed by atoms with E-state index in [1.165, 1.54) is 0 Å². The van der Waals surface area contributed by atoms with Crippen LogP contribution in [0.3, 0.4) is 0 Å². The van der Waals surface area contributed by atoms with Gasteiger partial charge in [-0.1, -0.05) is 116 Å². The molecule has 0 aliphatic rings. The van der Waals surface area contributed by atoms with Crippen LogP contribution in [0.25, 0.3) is 0 Å². The first-order valence-corrected chi connectivity index (χ1v) is 13.0. The summed E-state index contributed by atoms with van der Waals surface area (Å²) in [6, 6.07) is 20.5. The van der Waals surface area contributed by atoms with E-state index >= 15 is 0 Å². The fourth-order valence-electron chi connectivity index (χ4n) is 4.12. The van der Waals surface area contributed by atoms with Crippen LogP contribution in [0.5, 0.6) is 0 Å². The van der Waals surface area contributed by atoms with Crippen molar-refractivity contribution in [3.8, 4) is 0 Å². The number of hydrogen-bond acceptors (Lipinski definition) is 4. The Bertz CT molecular complexity index is 818. The highest BCUT2D eigenvalue weighted by Gasteiger charge is 2.41. The number of carbonyl (C=O) groups excluding carboxylic acids is 1. The van der Waals surface area contributed by atoms with Gasteiger partial charge in [-0.2, -0.15) is 0 Å². The van der Waals surface area contributed by atoms with Crippen LogP contribution < -0.4 is 0 Å². The van der Waals surface area contributed by atoms with Gasteiger partial charge in [-0.05, 0) is 35.3 Å². The molecular weight excluding hydrogens is 436 g/mol. The molecule has 0 N–H and O–H groups in total. The molecule has 2 rings (SSSR count). The van der Waals surface area contributed by atoms with Crippen LogP contribution in [-0.4, -0.2) is 18.4 Å². The Morgan fingerprint density at radius 1 is 0.743 bits per heavy atom. The molecule has 4 heteroatoms. The second kappa shape index (κ2) is 12.7. The van der Waals surface area contributed by atoms with Gasteiger partial charge < -0.3 is 14.2 Å². The molecule has 0 aliphatic carbocycles. The Hall–Kier alpha value is -2.17. The molecule has 2 atom stereocenters. The van der Waals surface area contributed by atoms with E-state index in [9.17, 15) is 4.79 Å². The van der Waals surface area contributed by atoms with E-state index in [4.69, 9.17) is 14.2 Å². The Balaban J connectivity index is 2.39. The Morgan fingerprint density at radius 3 is 1.54 bits per heavy atom. The molecule has 2 aromatic carbocycles. The van der Waals surface area contributed by atoms with Crippen molar-refractivity contribution < 1.29 is 19.0 Å². The third-order valence-electron chi connectivity index (χ3n) is 6.06. The van der Waals surface area contributed by atoms with E-state index < -0.39 is 5.79 Å². The van der Waals surface area contributed by atoms with Crippen molar-refractivity contribution in [3.05, 3.63) is 71.8 Å². The molecule has 2 aromatic rings. The minimum Gasteiger partial charge on any atom is -0.466 e. The molecule has 35 heavy (non-hydrogen) atoms. The predicted octanol–water partition coefficient (Wildman–Crippen LogP) is 8.43. The summed E-state index contributed by atoms with van der Waals surface area (Å²) in [6.45, 7) is 17.5. The molecule has 0 amide bonds. The number of ether oxygens (including phenoxy) is 3. The van der Waals surface area contributed by atoms with Crippen molar-refractivity contribution >= 4 is 5.97 Å². The fourth-order valence-corrected chi connectivity index (χ4v) is 4.12. The van der Waals surface area contributed by atoms with Gasteiger partial charge in [0.1, 0.15) is 0 Å². The van der Waals surface area contributed by atoms with Crippen molar-refractivity contribution in [3.63, 3.8) is 0 Å². The molecule has 0 aliphatic heterocycles. The zero-order chi connectivity index (χ0) is 26.1. The Kier molecular flexibility index (Phi) is 10.5. The van der Waals surface area contributed by atoms with Crippen molar-refractivity contribution in [2.45, 2.75) is 99.1 Å². The number of carbonyl (C=O) groups is 1. The lowest BCUT2D eigenvalue weighted by molar-refractivity contribution is -0.301. The van der Waals surface area contributed by atoms with Gasteiger partial charge in [0.15, 0.2) is 5.79 Å². The van der Waals surface area contributed by atoms with E-state index in [1.54, 1.807) is 0 Å². The second-order valence-corrected chi connectivity index (χ2v) is 11.8. The van der Waals surface area contributed by atoms with Crippen LogP contribution in [0.4, 0.5) is 0 Å². The molecule has 0 heterocycles. The van der Waals surface area contributed by atoms with Crippen LogP contribution in [0.2, 0.25) is 0 Å². The number of unbranched alkanes of at least 4 members (excludes halogenated alkanes) is 1. The highest BCUT2D eigenvalue weighted by Crippen LogP contribution is 2.45. The first kappa shape index (κ1) is 29.1. The molecule has 0 spiro atoms. The molecule has 4 nitrogen and oxygen atoms in total. The van der Waals surface area contributed by atoms with Crippen LogP contribution in [0, 0.1) is 10.8 Å². The third-order valence-corrected chi connectivity index (χ3v) is 6.06. The van der Waals surface area contributed by atoms with Gasteiger partial charge in [-0.15, -0.1) is 0 Å². The first-order chi connectivity index (χ1) is 16.4. The lowest BCUT2D eigenvalue weighted by Crippen LogP contribution is -2.41. The summed E-state index contributed by atoms with van der Waals surface area (Å²) >= 11 is 0. The maximum absolute atomic E-state index is 12.5. The van der Waals surface area contributed by atoms with Crippen LogP contribution in [0.15, 0.2) is 60.7 Å². The van der Waals surface area contributed by atoms with Gasteiger partial charge in [0.05, 0.1) is 25.2 Å². The molecule has 0 radical (unpaired) electrons. The van der Waals surface area contributed by atoms with Crippen molar-refractivity contribution in [1.29, 1.82) is 0 Å². The molecular formula is C31H46O4. The topological polar surface area (TPSA) is 44.8 Å². The summed E-state index contributed by atoms with van der Waals surface area (Å²) < 4.78 is 19.2. The minimum absolute atomic E-state index is 0.183. The van der Waals surface area contributed by atoms with E-state index in [0.29, 0.717) is 13.0 Å². The monoisotopic (exact) mass is 482 g/mol. The summed E-state index contributed by atoms with van der Waals surface area (Å²) in [5, 5.41) is 0. The first-order valence-electron chi connectivity index (χ1n) is 13.0. The zero-order valence-corrected chi connectivity index (χ0v) is 23.1. The van der Waals surface area contributed by atoms with Gasteiger partial charge in [0.2, 0.25) is 0 Å².